The fourth-order valence-electron chi connectivity index (χ4n) is 2.37. The molecule has 0 heterocycles. The summed E-state index contributed by atoms with van der Waals surface area (Å²) in [7, 11) is 0. The minimum atomic E-state index is -0.713. The van der Waals surface area contributed by atoms with E-state index in [0.717, 1.165) is 6.07 Å². The van der Waals surface area contributed by atoms with E-state index in [1.165, 1.54) is 36.5 Å². The molecule has 0 bridgehead atoms. The van der Waals surface area contributed by atoms with Crippen LogP contribution in [-0.2, 0) is 0 Å². The molecule has 0 aliphatic heterocycles. The van der Waals surface area contributed by atoms with Crippen LogP contribution < -0.4 is 10.2 Å². The van der Waals surface area contributed by atoms with Gasteiger partial charge in [-0.25, -0.2) is 10.2 Å². The molecule has 0 fully saturated rings. The van der Waals surface area contributed by atoms with Crippen LogP contribution in [0, 0.1) is 10.1 Å². The van der Waals surface area contributed by atoms with Crippen molar-refractivity contribution in [2.45, 2.75) is 0 Å². The molecule has 30 heavy (non-hydrogen) atoms. The van der Waals surface area contributed by atoms with Crippen molar-refractivity contribution >= 4 is 35.4 Å². The van der Waals surface area contributed by atoms with Gasteiger partial charge in [-0.05, 0) is 60.2 Å². The summed E-state index contributed by atoms with van der Waals surface area (Å²) in [5.41, 5.74) is 3.34. The number of carbonyl (C=O) groups is 2. The lowest BCUT2D eigenvalue weighted by Crippen LogP contribution is -2.17. The first-order valence-corrected chi connectivity index (χ1v) is 8.96. The van der Waals surface area contributed by atoms with Gasteiger partial charge in [0.05, 0.1) is 16.7 Å². The number of amides is 1. The number of nitro benzene ring substituents is 1. The number of ether oxygens (including phenoxy) is 1. The first-order valence-electron chi connectivity index (χ1n) is 8.58. The number of halogens is 1. The molecule has 0 saturated heterocycles. The fraction of sp³-hybridized carbons (Fsp3) is 0. The first kappa shape index (κ1) is 20.7. The molecule has 0 unspecified atom stereocenters. The molecule has 9 heteroatoms. The standard InChI is InChI=1S/C21H14ClN3O5/c22-17-8-6-15(7-9-17)20(26)24-23-13-14-4-10-19(11-5-14)30-21(27)16-2-1-3-18(12-16)25(28)29/h1-13H,(H,24,26)/b23-13-. The third-order valence-electron chi connectivity index (χ3n) is 3.87. The number of non-ortho nitro benzene ring substituents is 1. The van der Waals surface area contributed by atoms with Gasteiger partial charge in [0, 0.05) is 22.7 Å². The van der Waals surface area contributed by atoms with Gasteiger partial charge < -0.3 is 4.74 Å². The second-order valence-corrected chi connectivity index (χ2v) is 6.41. The molecule has 0 radical (unpaired) electrons. The van der Waals surface area contributed by atoms with Gasteiger partial charge in [0.1, 0.15) is 5.75 Å². The largest absolute Gasteiger partial charge is 0.423 e. The average Bonchev–Trinajstić information content (AvgIpc) is 2.75. The third-order valence-corrected chi connectivity index (χ3v) is 4.12. The Morgan fingerprint density at radius 2 is 1.70 bits per heavy atom. The zero-order chi connectivity index (χ0) is 21.5. The summed E-state index contributed by atoms with van der Waals surface area (Å²) in [4.78, 5) is 34.3. The van der Waals surface area contributed by atoms with E-state index >= 15 is 0 Å². The van der Waals surface area contributed by atoms with Crippen LogP contribution in [0.5, 0.6) is 5.75 Å². The highest BCUT2D eigenvalue weighted by atomic mass is 35.5. The van der Waals surface area contributed by atoms with Crippen LogP contribution in [0.4, 0.5) is 5.69 Å². The predicted molar refractivity (Wildman–Crippen MR) is 111 cm³/mol. The molecule has 0 aliphatic rings. The van der Waals surface area contributed by atoms with Crippen molar-refractivity contribution in [1.29, 1.82) is 0 Å². The van der Waals surface area contributed by atoms with Crippen molar-refractivity contribution in [3.63, 3.8) is 0 Å². The van der Waals surface area contributed by atoms with Crippen molar-refractivity contribution in [3.8, 4) is 5.75 Å². The molecule has 150 valence electrons. The maximum absolute atomic E-state index is 12.1. The summed E-state index contributed by atoms with van der Waals surface area (Å²) >= 11 is 5.78. The van der Waals surface area contributed by atoms with E-state index in [1.54, 1.807) is 36.4 Å². The zero-order valence-electron chi connectivity index (χ0n) is 15.3. The summed E-state index contributed by atoms with van der Waals surface area (Å²) in [5, 5.41) is 15.2. The smallest absolute Gasteiger partial charge is 0.343 e. The van der Waals surface area contributed by atoms with Crippen LogP contribution in [0.1, 0.15) is 26.3 Å². The predicted octanol–water partition coefficient (Wildman–Crippen LogP) is 4.23. The van der Waals surface area contributed by atoms with E-state index in [4.69, 9.17) is 16.3 Å². The van der Waals surface area contributed by atoms with Gasteiger partial charge in [-0.3, -0.25) is 14.9 Å². The molecule has 0 spiro atoms. The van der Waals surface area contributed by atoms with E-state index in [2.05, 4.69) is 10.5 Å². The van der Waals surface area contributed by atoms with Crippen LogP contribution in [-0.4, -0.2) is 23.0 Å². The number of hydrazone groups is 1. The number of nitrogens with zero attached hydrogens (tertiary/aromatic N) is 2. The van der Waals surface area contributed by atoms with Crippen LogP contribution in [0.2, 0.25) is 5.02 Å². The van der Waals surface area contributed by atoms with Crippen LogP contribution in [0.3, 0.4) is 0 Å². The quantitative estimate of drug-likeness (QED) is 0.210. The number of nitro groups is 1. The minimum Gasteiger partial charge on any atom is -0.423 e. The topological polar surface area (TPSA) is 111 Å². The lowest BCUT2D eigenvalue weighted by atomic mass is 10.2. The molecule has 3 aromatic rings. The molecule has 1 N–H and O–H groups in total. The molecular formula is C21H14ClN3O5. The number of benzene rings is 3. The van der Waals surface area contributed by atoms with Crippen molar-refractivity contribution in [3.05, 3.63) is 105 Å². The summed E-state index contributed by atoms with van der Waals surface area (Å²) in [5.74, 6) is -0.838. The van der Waals surface area contributed by atoms with Gasteiger partial charge >= 0.3 is 5.97 Å². The summed E-state index contributed by atoms with van der Waals surface area (Å²) in [6, 6.07) is 18.0. The Morgan fingerprint density at radius 1 is 1.00 bits per heavy atom. The maximum atomic E-state index is 12.1. The lowest BCUT2D eigenvalue weighted by Gasteiger charge is -2.04. The summed E-state index contributed by atoms with van der Waals surface area (Å²) in [6.07, 6.45) is 1.43. The molecule has 3 rings (SSSR count). The number of carbonyl (C=O) groups excluding carboxylic acids is 2. The second kappa shape index (κ2) is 9.44. The molecule has 0 atom stereocenters. The molecule has 1 amide bonds. The monoisotopic (exact) mass is 423 g/mol. The number of hydrogen-bond acceptors (Lipinski definition) is 6. The Balaban J connectivity index is 1.58. The Bertz CT molecular complexity index is 1110. The third kappa shape index (κ3) is 5.49. The van der Waals surface area contributed by atoms with Crippen molar-refractivity contribution in [2.75, 3.05) is 0 Å². The van der Waals surface area contributed by atoms with Crippen LogP contribution in [0.15, 0.2) is 77.9 Å². The number of esters is 1. The van der Waals surface area contributed by atoms with E-state index in [0.29, 0.717) is 16.1 Å². The molecule has 8 nitrogen and oxygen atoms in total. The Labute approximate surface area is 175 Å². The number of hydrogen-bond donors (Lipinski definition) is 1. The van der Waals surface area contributed by atoms with Crippen molar-refractivity contribution < 1.29 is 19.2 Å². The molecule has 0 aliphatic carbocycles. The number of nitrogens with one attached hydrogen (secondary N) is 1. The Morgan fingerprint density at radius 3 is 2.37 bits per heavy atom. The highest BCUT2D eigenvalue weighted by Gasteiger charge is 2.13. The highest BCUT2D eigenvalue weighted by Crippen LogP contribution is 2.17. The number of rotatable bonds is 6. The van der Waals surface area contributed by atoms with E-state index in [-0.39, 0.29) is 22.9 Å². The summed E-state index contributed by atoms with van der Waals surface area (Å²) < 4.78 is 5.21. The lowest BCUT2D eigenvalue weighted by molar-refractivity contribution is -0.384. The van der Waals surface area contributed by atoms with E-state index < -0.39 is 10.9 Å². The van der Waals surface area contributed by atoms with Crippen LogP contribution >= 0.6 is 11.6 Å². The molecule has 3 aromatic carbocycles. The van der Waals surface area contributed by atoms with Gasteiger partial charge in [0.2, 0.25) is 0 Å². The minimum absolute atomic E-state index is 0.0692. The molecular weight excluding hydrogens is 410 g/mol. The van der Waals surface area contributed by atoms with Crippen molar-refractivity contribution in [1.82, 2.24) is 5.43 Å². The van der Waals surface area contributed by atoms with Gasteiger partial charge in [0.25, 0.3) is 11.6 Å². The van der Waals surface area contributed by atoms with Gasteiger partial charge in [-0.1, -0.05) is 17.7 Å². The maximum Gasteiger partial charge on any atom is 0.343 e. The highest BCUT2D eigenvalue weighted by molar-refractivity contribution is 6.30. The zero-order valence-corrected chi connectivity index (χ0v) is 16.1. The summed E-state index contributed by atoms with van der Waals surface area (Å²) in [6.45, 7) is 0. The van der Waals surface area contributed by atoms with Crippen LogP contribution in [0.25, 0.3) is 0 Å². The Hall–Kier alpha value is -4.04. The first-order chi connectivity index (χ1) is 14.4. The van der Waals surface area contributed by atoms with E-state index in [9.17, 15) is 19.7 Å². The van der Waals surface area contributed by atoms with Gasteiger partial charge in [0.15, 0.2) is 0 Å². The van der Waals surface area contributed by atoms with Crippen molar-refractivity contribution in [2.24, 2.45) is 5.10 Å². The fourth-order valence-corrected chi connectivity index (χ4v) is 2.49. The van der Waals surface area contributed by atoms with Gasteiger partial charge in [-0.2, -0.15) is 5.10 Å². The average molecular weight is 424 g/mol. The van der Waals surface area contributed by atoms with E-state index in [1.807, 2.05) is 0 Å². The normalized spacial score (nSPS) is 10.6. The molecule has 0 aromatic heterocycles. The molecule has 0 saturated carbocycles. The Kier molecular flexibility index (Phi) is 6.51. The van der Waals surface area contributed by atoms with Gasteiger partial charge in [-0.15, -0.1) is 0 Å². The second-order valence-electron chi connectivity index (χ2n) is 5.97. The SMILES string of the molecule is O=C(N/N=C\c1ccc(OC(=O)c2cccc([N+](=O)[O-])c2)cc1)c1ccc(Cl)cc1.